The molecule has 1 aliphatic heterocycles. The summed E-state index contributed by atoms with van der Waals surface area (Å²) >= 11 is 1.48. The number of carbonyl (C=O) groups is 1. The molecule has 2 rings (SSSR count). The zero-order chi connectivity index (χ0) is 15.7. The quantitative estimate of drug-likeness (QED) is 0.862. The SMILES string of the molecule is COc1c(N2CC(C)CC(C)C2)sc(C(=O)C(C)C)c1N. The molecule has 0 bridgehead atoms. The van der Waals surface area contributed by atoms with Crippen LogP contribution < -0.4 is 15.4 Å². The molecule has 0 saturated carbocycles. The van der Waals surface area contributed by atoms with Gasteiger partial charge in [-0.05, 0) is 18.3 Å². The predicted molar refractivity (Wildman–Crippen MR) is 89.6 cm³/mol. The fourth-order valence-electron chi connectivity index (χ4n) is 3.10. The third-order valence-electron chi connectivity index (χ3n) is 3.99. The van der Waals surface area contributed by atoms with E-state index in [9.17, 15) is 4.79 Å². The van der Waals surface area contributed by atoms with Crippen molar-refractivity contribution in [2.75, 3.05) is 30.8 Å². The summed E-state index contributed by atoms with van der Waals surface area (Å²) in [6, 6.07) is 0. The van der Waals surface area contributed by atoms with E-state index >= 15 is 0 Å². The molecular weight excluding hydrogens is 284 g/mol. The highest BCUT2D eigenvalue weighted by Gasteiger charge is 2.30. The molecule has 4 nitrogen and oxygen atoms in total. The van der Waals surface area contributed by atoms with Crippen molar-refractivity contribution in [1.82, 2.24) is 0 Å². The normalized spacial score (nSPS) is 22.7. The predicted octanol–water partition coefficient (Wildman–Crippen LogP) is 3.66. The largest absolute Gasteiger partial charge is 0.492 e. The lowest BCUT2D eigenvalue weighted by Gasteiger charge is -2.35. The minimum atomic E-state index is -0.0530. The summed E-state index contributed by atoms with van der Waals surface area (Å²) in [5.74, 6) is 2.00. The summed E-state index contributed by atoms with van der Waals surface area (Å²) in [6.45, 7) is 10.3. The maximum absolute atomic E-state index is 12.3. The second-order valence-electron chi connectivity index (χ2n) is 6.55. The molecule has 2 N–H and O–H groups in total. The maximum atomic E-state index is 12.3. The molecular formula is C16H26N2O2S. The molecule has 2 unspecified atom stereocenters. The Balaban J connectivity index is 2.39. The number of rotatable bonds is 4. The van der Waals surface area contributed by atoms with Gasteiger partial charge < -0.3 is 15.4 Å². The highest BCUT2D eigenvalue weighted by Crippen LogP contribution is 2.46. The number of piperidine rings is 1. The van der Waals surface area contributed by atoms with Crippen molar-refractivity contribution in [2.24, 2.45) is 17.8 Å². The molecule has 21 heavy (non-hydrogen) atoms. The van der Waals surface area contributed by atoms with Crippen molar-refractivity contribution in [3.63, 3.8) is 0 Å². The van der Waals surface area contributed by atoms with E-state index in [0.29, 0.717) is 28.1 Å². The van der Waals surface area contributed by atoms with Crippen molar-refractivity contribution in [1.29, 1.82) is 0 Å². The summed E-state index contributed by atoms with van der Waals surface area (Å²) in [6.07, 6.45) is 1.25. The first-order valence-corrected chi connectivity index (χ1v) is 8.42. The minimum absolute atomic E-state index is 0.0530. The Morgan fingerprint density at radius 1 is 1.33 bits per heavy atom. The number of ketones is 1. The van der Waals surface area contributed by atoms with Gasteiger partial charge in [0, 0.05) is 19.0 Å². The van der Waals surface area contributed by atoms with Crippen LogP contribution in [-0.2, 0) is 0 Å². The van der Waals surface area contributed by atoms with Gasteiger partial charge in [0.05, 0.1) is 17.7 Å². The summed E-state index contributed by atoms with van der Waals surface area (Å²) in [7, 11) is 1.63. The Morgan fingerprint density at radius 2 is 1.90 bits per heavy atom. The number of ether oxygens (including phenoxy) is 1. The minimum Gasteiger partial charge on any atom is -0.492 e. The van der Waals surface area contributed by atoms with Crippen LogP contribution in [0.1, 0.15) is 43.8 Å². The Labute approximate surface area is 131 Å². The number of nitrogen functional groups attached to an aromatic ring is 1. The number of carbonyl (C=O) groups excluding carboxylic acids is 1. The van der Waals surface area contributed by atoms with Crippen LogP contribution >= 0.6 is 11.3 Å². The molecule has 2 heterocycles. The molecule has 1 aromatic heterocycles. The van der Waals surface area contributed by atoms with Crippen LogP contribution in [0.15, 0.2) is 0 Å². The van der Waals surface area contributed by atoms with Gasteiger partial charge in [-0.1, -0.05) is 27.7 Å². The number of hydrogen-bond donors (Lipinski definition) is 1. The lowest BCUT2D eigenvalue weighted by atomic mass is 9.92. The van der Waals surface area contributed by atoms with E-state index < -0.39 is 0 Å². The van der Waals surface area contributed by atoms with E-state index in [0.717, 1.165) is 18.1 Å². The van der Waals surface area contributed by atoms with Gasteiger partial charge in [0.25, 0.3) is 0 Å². The number of nitrogens with zero attached hydrogens (tertiary/aromatic N) is 1. The van der Waals surface area contributed by atoms with Gasteiger partial charge in [0.2, 0.25) is 0 Å². The van der Waals surface area contributed by atoms with E-state index in [4.69, 9.17) is 10.5 Å². The van der Waals surface area contributed by atoms with Crippen LogP contribution in [0, 0.1) is 17.8 Å². The van der Waals surface area contributed by atoms with Crippen LogP contribution in [0.4, 0.5) is 10.7 Å². The van der Waals surface area contributed by atoms with Gasteiger partial charge in [0.15, 0.2) is 11.5 Å². The Morgan fingerprint density at radius 3 is 2.38 bits per heavy atom. The van der Waals surface area contributed by atoms with Crippen molar-refractivity contribution in [2.45, 2.75) is 34.1 Å². The van der Waals surface area contributed by atoms with Crippen LogP contribution in [0.25, 0.3) is 0 Å². The number of nitrogens with two attached hydrogens (primary N) is 1. The number of Topliss-reactive ketones (excluding diaryl/α,β-unsaturated/α-hetero) is 1. The molecule has 1 aromatic rings. The molecule has 2 atom stereocenters. The van der Waals surface area contributed by atoms with E-state index in [1.165, 1.54) is 17.8 Å². The van der Waals surface area contributed by atoms with Crippen molar-refractivity contribution >= 4 is 27.8 Å². The standard InChI is InChI=1S/C16H26N2O2S/c1-9(2)13(19)15-12(17)14(20-5)16(21-15)18-7-10(3)6-11(4)8-18/h9-11H,6-8,17H2,1-5H3. The van der Waals surface area contributed by atoms with E-state index in [1.807, 2.05) is 13.8 Å². The number of methoxy groups -OCH3 is 1. The smallest absolute Gasteiger partial charge is 0.177 e. The molecule has 0 spiro atoms. The van der Waals surface area contributed by atoms with Gasteiger partial charge in [0.1, 0.15) is 5.00 Å². The molecule has 0 aliphatic carbocycles. The maximum Gasteiger partial charge on any atom is 0.177 e. The third-order valence-corrected chi connectivity index (χ3v) is 5.25. The van der Waals surface area contributed by atoms with Crippen molar-refractivity contribution < 1.29 is 9.53 Å². The van der Waals surface area contributed by atoms with Gasteiger partial charge in [-0.15, -0.1) is 11.3 Å². The monoisotopic (exact) mass is 310 g/mol. The number of hydrogen-bond acceptors (Lipinski definition) is 5. The summed E-state index contributed by atoms with van der Waals surface area (Å²) in [5.41, 5.74) is 6.67. The average molecular weight is 310 g/mol. The van der Waals surface area contributed by atoms with Crippen LogP contribution in [0.5, 0.6) is 5.75 Å². The Bertz CT molecular complexity index is 515. The first kappa shape index (κ1) is 16.1. The van der Waals surface area contributed by atoms with E-state index in [2.05, 4.69) is 18.7 Å². The van der Waals surface area contributed by atoms with Crippen molar-refractivity contribution in [3.05, 3.63) is 4.88 Å². The summed E-state index contributed by atoms with van der Waals surface area (Å²) in [4.78, 5) is 15.3. The fourth-order valence-corrected chi connectivity index (χ4v) is 4.39. The molecule has 1 aliphatic rings. The lowest BCUT2D eigenvalue weighted by molar-refractivity contribution is 0.0944. The van der Waals surface area contributed by atoms with Gasteiger partial charge in [-0.3, -0.25) is 4.79 Å². The zero-order valence-corrected chi connectivity index (χ0v) is 14.4. The summed E-state index contributed by atoms with van der Waals surface area (Å²) < 4.78 is 5.50. The number of anilines is 2. The Kier molecular flexibility index (Phi) is 4.81. The van der Waals surface area contributed by atoms with E-state index in [1.54, 1.807) is 7.11 Å². The highest BCUT2D eigenvalue weighted by molar-refractivity contribution is 7.19. The molecule has 0 radical (unpaired) electrons. The molecule has 1 fully saturated rings. The zero-order valence-electron chi connectivity index (χ0n) is 13.6. The second kappa shape index (κ2) is 6.26. The van der Waals surface area contributed by atoms with Crippen molar-refractivity contribution in [3.8, 4) is 5.75 Å². The molecule has 1 saturated heterocycles. The van der Waals surface area contributed by atoms with Gasteiger partial charge in [-0.2, -0.15) is 0 Å². The lowest BCUT2D eigenvalue weighted by Crippen LogP contribution is -2.38. The van der Waals surface area contributed by atoms with Crippen LogP contribution in [0.2, 0.25) is 0 Å². The fraction of sp³-hybridized carbons (Fsp3) is 0.688. The first-order chi connectivity index (χ1) is 9.85. The van der Waals surface area contributed by atoms with Crippen LogP contribution in [-0.4, -0.2) is 26.0 Å². The topological polar surface area (TPSA) is 55.6 Å². The van der Waals surface area contributed by atoms with Gasteiger partial charge in [-0.25, -0.2) is 0 Å². The van der Waals surface area contributed by atoms with Crippen LogP contribution in [0.3, 0.4) is 0 Å². The average Bonchev–Trinajstić information content (AvgIpc) is 2.73. The molecule has 0 aromatic carbocycles. The third kappa shape index (κ3) is 3.18. The summed E-state index contributed by atoms with van der Waals surface area (Å²) in [5, 5.41) is 1.01. The Hall–Kier alpha value is -1.23. The van der Waals surface area contributed by atoms with E-state index in [-0.39, 0.29) is 11.7 Å². The number of thiophene rings is 1. The molecule has 0 amide bonds. The second-order valence-corrected chi connectivity index (χ2v) is 7.55. The molecule has 118 valence electrons. The van der Waals surface area contributed by atoms with Gasteiger partial charge >= 0.3 is 0 Å². The highest BCUT2D eigenvalue weighted by atomic mass is 32.1. The first-order valence-electron chi connectivity index (χ1n) is 7.60. The molecule has 5 heteroatoms.